The van der Waals surface area contributed by atoms with Gasteiger partial charge in [-0.25, -0.2) is 8.42 Å². The third-order valence-corrected chi connectivity index (χ3v) is 9.63. The largest absolute Gasteiger partial charge is 0.341 e. The number of carbonyl (C=O) groups is 2. The van der Waals surface area contributed by atoms with Crippen LogP contribution in [0.2, 0.25) is 0 Å². The minimum absolute atomic E-state index is 0.00780. The summed E-state index contributed by atoms with van der Waals surface area (Å²) in [5, 5.41) is 13.3. The highest BCUT2D eigenvalue weighted by Crippen LogP contribution is 2.25. The molecular formula is C30H37N5O4S. The molecule has 0 spiro atoms. The number of sulfonamides is 1. The van der Waals surface area contributed by atoms with Crippen molar-refractivity contribution in [2.24, 2.45) is 13.0 Å². The van der Waals surface area contributed by atoms with Gasteiger partial charge in [0, 0.05) is 44.1 Å². The van der Waals surface area contributed by atoms with Gasteiger partial charge in [-0.05, 0) is 55.9 Å². The average molecular weight is 564 g/mol. The van der Waals surface area contributed by atoms with Crippen LogP contribution >= 0.6 is 0 Å². The number of likely N-dealkylation sites (N-methyl/N-ethyl adjacent to an activating group) is 1. The van der Waals surface area contributed by atoms with Crippen LogP contribution in [-0.4, -0.2) is 66.2 Å². The fourth-order valence-corrected chi connectivity index (χ4v) is 7.10. The lowest BCUT2D eigenvalue weighted by Gasteiger charge is -2.32. The second-order valence-electron chi connectivity index (χ2n) is 10.8. The molecule has 1 aliphatic heterocycles. The second kappa shape index (κ2) is 12.2. The van der Waals surface area contributed by atoms with Gasteiger partial charge in [0.15, 0.2) is 0 Å². The van der Waals surface area contributed by atoms with E-state index in [0.29, 0.717) is 37.9 Å². The molecule has 4 rings (SSSR count). The summed E-state index contributed by atoms with van der Waals surface area (Å²) in [5.41, 5.74) is 1.54. The molecule has 1 unspecified atom stereocenters. The number of aryl methyl sites for hydroxylation is 1. The summed E-state index contributed by atoms with van der Waals surface area (Å²) >= 11 is 0. The number of nitrogens with one attached hydrogen (secondary N) is 1. The smallest absolute Gasteiger partial charge is 0.268 e. The number of para-hydroxylation sites is 1. The fraction of sp³-hybridized carbons (Fsp3) is 0.433. The standard InChI is InChI=1S/C30H37N5O4S/c1-21(2)18-25(32-29(36)27-19-22-10-5-7-13-26(22)34(27)4)30(37)33(3)24-12-9-16-35(17-15-24)40(38,39)28-14-8-6-11-23(28)20-31/h5-8,10-11,13-14,19,21,24-25H,9,12,15-18H2,1-4H3,(H,32,36)/t24?,25-/m0/s1. The highest BCUT2D eigenvalue weighted by atomic mass is 32.2. The van der Waals surface area contributed by atoms with Gasteiger partial charge < -0.3 is 14.8 Å². The van der Waals surface area contributed by atoms with Crippen molar-refractivity contribution in [3.05, 3.63) is 65.9 Å². The molecule has 0 radical (unpaired) electrons. The fourth-order valence-electron chi connectivity index (χ4n) is 5.46. The summed E-state index contributed by atoms with van der Waals surface area (Å²) in [6.45, 7) is 4.57. The summed E-state index contributed by atoms with van der Waals surface area (Å²) in [5.74, 6) is -0.317. The normalized spacial score (nSPS) is 17.2. The molecule has 2 heterocycles. The number of hydrogen-bond acceptors (Lipinski definition) is 5. The lowest BCUT2D eigenvalue weighted by atomic mass is 10.0. The van der Waals surface area contributed by atoms with Crippen molar-refractivity contribution in [1.29, 1.82) is 5.26 Å². The van der Waals surface area contributed by atoms with Gasteiger partial charge in [-0.3, -0.25) is 9.59 Å². The number of hydrogen-bond donors (Lipinski definition) is 1. The Morgan fingerprint density at radius 1 is 1.10 bits per heavy atom. The van der Waals surface area contributed by atoms with Gasteiger partial charge in [0.2, 0.25) is 15.9 Å². The van der Waals surface area contributed by atoms with Crippen LogP contribution in [0.4, 0.5) is 0 Å². The summed E-state index contributed by atoms with van der Waals surface area (Å²) in [6.07, 6.45) is 2.16. The zero-order chi connectivity index (χ0) is 29.0. The van der Waals surface area contributed by atoms with Crippen LogP contribution in [-0.2, 0) is 21.9 Å². The van der Waals surface area contributed by atoms with Crippen LogP contribution < -0.4 is 5.32 Å². The molecule has 2 amide bonds. The van der Waals surface area contributed by atoms with E-state index in [1.54, 1.807) is 24.1 Å². The third-order valence-electron chi connectivity index (χ3n) is 7.67. The Morgan fingerprint density at radius 3 is 2.50 bits per heavy atom. The molecule has 2 atom stereocenters. The van der Waals surface area contributed by atoms with Gasteiger partial charge in [-0.1, -0.05) is 44.2 Å². The van der Waals surface area contributed by atoms with Gasteiger partial charge in [0.25, 0.3) is 5.91 Å². The molecule has 1 N–H and O–H groups in total. The minimum atomic E-state index is -3.84. The molecule has 0 saturated carbocycles. The van der Waals surface area contributed by atoms with Crippen molar-refractivity contribution >= 4 is 32.7 Å². The van der Waals surface area contributed by atoms with E-state index in [4.69, 9.17) is 0 Å². The second-order valence-corrected chi connectivity index (χ2v) is 12.8. The maximum Gasteiger partial charge on any atom is 0.268 e. The highest BCUT2D eigenvalue weighted by Gasteiger charge is 2.34. The number of aromatic nitrogens is 1. The van der Waals surface area contributed by atoms with E-state index < -0.39 is 16.1 Å². The van der Waals surface area contributed by atoms with E-state index >= 15 is 0 Å². The maximum absolute atomic E-state index is 13.7. The van der Waals surface area contributed by atoms with Crippen molar-refractivity contribution < 1.29 is 18.0 Å². The molecule has 40 heavy (non-hydrogen) atoms. The molecule has 0 aliphatic carbocycles. The lowest BCUT2D eigenvalue weighted by molar-refractivity contribution is -0.134. The van der Waals surface area contributed by atoms with Crippen molar-refractivity contribution in [2.45, 2.75) is 56.5 Å². The Balaban J connectivity index is 1.48. The van der Waals surface area contributed by atoms with Crippen molar-refractivity contribution in [3.63, 3.8) is 0 Å². The number of fused-ring (bicyclic) bond motifs is 1. The van der Waals surface area contributed by atoms with Gasteiger partial charge in [-0.2, -0.15) is 9.57 Å². The van der Waals surface area contributed by atoms with E-state index in [2.05, 4.69) is 5.32 Å². The summed E-state index contributed by atoms with van der Waals surface area (Å²) in [4.78, 5) is 28.7. The molecule has 3 aromatic rings. The summed E-state index contributed by atoms with van der Waals surface area (Å²) in [7, 11) is -0.273. The van der Waals surface area contributed by atoms with Crippen LogP contribution in [0.5, 0.6) is 0 Å². The zero-order valence-electron chi connectivity index (χ0n) is 23.5. The molecule has 2 aromatic carbocycles. The van der Waals surface area contributed by atoms with Crippen LogP contribution in [0.3, 0.4) is 0 Å². The van der Waals surface area contributed by atoms with Gasteiger partial charge in [0.05, 0.1) is 10.5 Å². The van der Waals surface area contributed by atoms with E-state index in [9.17, 15) is 23.3 Å². The highest BCUT2D eigenvalue weighted by molar-refractivity contribution is 7.89. The monoisotopic (exact) mass is 563 g/mol. The quantitative estimate of drug-likeness (QED) is 0.446. The number of nitriles is 1. The molecule has 1 aliphatic rings. The first-order valence-corrected chi connectivity index (χ1v) is 15.1. The number of benzene rings is 2. The summed E-state index contributed by atoms with van der Waals surface area (Å²) in [6, 6.07) is 16.9. The minimum Gasteiger partial charge on any atom is -0.341 e. The molecule has 1 fully saturated rings. The number of amides is 2. The van der Waals surface area contributed by atoms with Crippen LogP contribution in [0.1, 0.15) is 55.6 Å². The van der Waals surface area contributed by atoms with E-state index in [1.165, 1.54) is 16.4 Å². The molecule has 1 saturated heterocycles. The van der Waals surface area contributed by atoms with E-state index in [0.717, 1.165) is 10.9 Å². The number of rotatable bonds is 8. The Labute approximate surface area is 236 Å². The van der Waals surface area contributed by atoms with Gasteiger partial charge in [0.1, 0.15) is 17.8 Å². The molecular weight excluding hydrogens is 526 g/mol. The Morgan fingerprint density at radius 2 is 1.80 bits per heavy atom. The predicted molar refractivity (Wildman–Crippen MR) is 154 cm³/mol. The Kier molecular flexibility index (Phi) is 8.96. The van der Waals surface area contributed by atoms with Gasteiger partial charge >= 0.3 is 0 Å². The topological polar surface area (TPSA) is 116 Å². The molecule has 0 bridgehead atoms. The first-order chi connectivity index (χ1) is 19.0. The van der Waals surface area contributed by atoms with Gasteiger partial charge in [-0.15, -0.1) is 0 Å². The maximum atomic E-state index is 13.7. The van der Waals surface area contributed by atoms with E-state index in [1.807, 2.05) is 61.9 Å². The Bertz CT molecular complexity index is 1540. The third kappa shape index (κ3) is 6.06. The number of carbonyl (C=O) groups excluding carboxylic acids is 2. The van der Waals surface area contributed by atoms with Crippen molar-refractivity contribution in [3.8, 4) is 6.07 Å². The molecule has 10 heteroatoms. The first kappa shape index (κ1) is 29.3. The van der Waals surface area contributed by atoms with Crippen LogP contribution in [0, 0.1) is 17.2 Å². The van der Waals surface area contributed by atoms with Crippen molar-refractivity contribution in [2.75, 3.05) is 20.1 Å². The predicted octanol–water partition coefficient (Wildman–Crippen LogP) is 3.90. The Hall–Kier alpha value is -3.68. The molecule has 212 valence electrons. The van der Waals surface area contributed by atoms with Crippen LogP contribution in [0.15, 0.2) is 59.5 Å². The zero-order valence-corrected chi connectivity index (χ0v) is 24.3. The number of nitrogens with zero attached hydrogens (tertiary/aromatic N) is 4. The first-order valence-electron chi connectivity index (χ1n) is 13.7. The molecule has 9 nitrogen and oxygen atoms in total. The van der Waals surface area contributed by atoms with Crippen molar-refractivity contribution in [1.82, 2.24) is 19.1 Å². The molecule has 1 aromatic heterocycles. The average Bonchev–Trinajstić information content (AvgIpc) is 3.10. The van der Waals surface area contributed by atoms with E-state index in [-0.39, 0.29) is 40.8 Å². The SMILES string of the molecule is CC(C)C[C@H](NC(=O)c1cc2ccccc2n1C)C(=O)N(C)C1CCCN(S(=O)(=O)c2ccccc2C#N)CC1. The van der Waals surface area contributed by atoms with Crippen LogP contribution in [0.25, 0.3) is 10.9 Å². The summed E-state index contributed by atoms with van der Waals surface area (Å²) < 4.78 is 29.9. The lowest BCUT2D eigenvalue weighted by Crippen LogP contribution is -2.51.